The summed E-state index contributed by atoms with van der Waals surface area (Å²) in [6.45, 7) is 0.249. The van der Waals surface area contributed by atoms with Crippen molar-refractivity contribution in [3.05, 3.63) is 28.2 Å². The van der Waals surface area contributed by atoms with Crippen LogP contribution >= 0.6 is 23.2 Å². The monoisotopic (exact) mass is 519 g/mol. The first-order chi connectivity index (χ1) is 16.8. The summed E-state index contributed by atoms with van der Waals surface area (Å²) < 4.78 is 5.67. The number of ketones is 1. The second-order valence-corrected chi connectivity index (χ2v) is 11.0. The van der Waals surface area contributed by atoms with Crippen molar-refractivity contribution >= 4 is 40.8 Å². The van der Waals surface area contributed by atoms with Gasteiger partial charge in [-0.3, -0.25) is 14.4 Å². The SMILES string of the molecule is N#C[C@H](C[C@@H]1CCCC1=O)NC(=O)[C@@H]1CC2(CCCCC2)CN1C(=O)COc1ccc(Cl)cc1Cl. The number of amides is 2. The molecule has 35 heavy (non-hydrogen) atoms. The Bertz CT molecular complexity index is 1020. The van der Waals surface area contributed by atoms with Crippen LogP contribution in [0.2, 0.25) is 10.0 Å². The summed E-state index contributed by atoms with van der Waals surface area (Å²) in [4.78, 5) is 40.3. The van der Waals surface area contributed by atoms with E-state index in [1.807, 2.05) is 0 Å². The van der Waals surface area contributed by atoms with Crippen LogP contribution in [0.25, 0.3) is 0 Å². The molecule has 1 N–H and O–H groups in total. The van der Waals surface area contributed by atoms with Gasteiger partial charge in [0, 0.05) is 23.9 Å². The lowest BCUT2D eigenvalue weighted by molar-refractivity contribution is -0.140. The van der Waals surface area contributed by atoms with Crippen molar-refractivity contribution in [2.24, 2.45) is 11.3 Å². The Kier molecular flexibility index (Phi) is 8.23. The molecule has 0 radical (unpaired) electrons. The number of ether oxygens (including phenoxy) is 1. The number of hydrogen-bond acceptors (Lipinski definition) is 5. The molecule has 1 spiro atoms. The van der Waals surface area contributed by atoms with Crippen LogP contribution in [0.4, 0.5) is 0 Å². The highest BCUT2D eigenvalue weighted by Crippen LogP contribution is 2.46. The van der Waals surface area contributed by atoms with E-state index in [-0.39, 0.29) is 35.5 Å². The predicted molar refractivity (Wildman–Crippen MR) is 132 cm³/mol. The summed E-state index contributed by atoms with van der Waals surface area (Å²) in [7, 11) is 0. The van der Waals surface area contributed by atoms with Crippen LogP contribution in [-0.4, -0.2) is 47.7 Å². The Labute approximate surface area is 216 Å². The molecule has 0 aromatic heterocycles. The van der Waals surface area contributed by atoms with Crippen molar-refractivity contribution in [2.75, 3.05) is 13.2 Å². The maximum absolute atomic E-state index is 13.4. The molecule has 3 atom stereocenters. The third-order valence-corrected chi connectivity index (χ3v) is 8.24. The number of Topliss-reactive ketones (excluding diaryl/α,β-unsaturated/α-hetero) is 1. The number of carbonyl (C=O) groups excluding carboxylic acids is 3. The van der Waals surface area contributed by atoms with Crippen LogP contribution in [0.5, 0.6) is 5.75 Å². The number of hydrogen-bond donors (Lipinski definition) is 1. The fraction of sp³-hybridized carbons (Fsp3) is 0.615. The van der Waals surface area contributed by atoms with Gasteiger partial charge in [-0.15, -0.1) is 0 Å². The lowest BCUT2D eigenvalue weighted by Crippen LogP contribution is -2.50. The van der Waals surface area contributed by atoms with E-state index in [4.69, 9.17) is 27.9 Å². The Morgan fingerprint density at radius 1 is 1.23 bits per heavy atom. The van der Waals surface area contributed by atoms with Gasteiger partial charge in [0.15, 0.2) is 6.61 Å². The minimum absolute atomic E-state index is 0.0859. The molecular formula is C26H31Cl2N3O4. The van der Waals surface area contributed by atoms with Crippen LogP contribution < -0.4 is 10.1 Å². The Morgan fingerprint density at radius 2 is 2.00 bits per heavy atom. The normalized spacial score (nSPS) is 24.3. The lowest BCUT2D eigenvalue weighted by atomic mass is 9.72. The van der Waals surface area contributed by atoms with Crippen molar-refractivity contribution in [2.45, 2.75) is 76.3 Å². The summed E-state index contributed by atoms with van der Waals surface area (Å²) in [5.74, 6) is -0.289. The van der Waals surface area contributed by atoms with E-state index in [2.05, 4.69) is 11.4 Å². The zero-order valence-corrected chi connectivity index (χ0v) is 21.2. The van der Waals surface area contributed by atoms with E-state index in [0.717, 1.165) is 44.9 Å². The number of carbonyl (C=O) groups is 3. The van der Waals surface area contributed by atoms with Crippen molar-refractivity contribution < 1.29 is 19.1 Å². The van der Waals surface area contributed by atoms with Crippen molar-refractivity contribution in [1.29, 1.82) is 5.26 Å². The average Bonchev–Trinajstić information content (AvgIpc) is 3.41. The molecule has 3 aliphatic rings. The Balaban J connectivity index is 1.45. The topological polar surface area (TPSA) is 99.5 Å². The molecule has 188 valence electrons. The molecule has 1 aromatic carbocycles. The van der Waals surface area contributed by atoms with Gasteiger partial charge in [0.25, 0.3) is 5.91 Å². The van der Waals surface area contributed by atoms with Crippen LogP contribution in [0, 0.1) is 22.7 Å². The highest BCUT2D eigenvalue weighted by molar-refractivity contribution is 6.35. The van der Waals surface area contributed by atoms with E-state index in [1.54, 1.807) is 23.1 Å². The van der Waals surface area contributed by atoms with Gasteiger partial charge in [-0.1, -0.05) is 42.5 Å². The largest absolute Gasteiger partial charge is 0.482 e. The number of likely N-dealkylation sites (tertiary alicyclic amines) is 1. The minimum Gasteiger partial charge on any atom is -0.482 e. The minimum atomic E-state index is -0.751. The molecule has 1 aliphatic heterocycles. The molecule has 4 rings (SSSR count). The van der Waals surface area contributed by atoms with Gasteiger partial charge in [-0.25, -0.2) is 0 Å². The second-order valence-electron chi connectivity index (χ2n) is 10.1. The average molecular weight is 520 g/mol. The maximum Gasteiger partial charge on any atom is 0.261 e. The fourth-order valence-electron chi connectivity index (χ4n) is 5.86. The van der Waals surface area contributed by atoms with Crippen LogP contribution in [0.1, 0.15) is 64.2 Å². The van der Waals surface area contributed by atoms with Crippen LogP contribution in [0.3, 0.4) is 0 Å². The van der Waals surface area contributed by atoms with Gasteiger partial charge in [0.1, 0.15) is 23.6 Å². The van der Waals surface area contributed by atoms with Gasteiger partial charge in [0.05, 0.1) is 11.1 Å². The molecular weight excluding hydrogens is 489 g/mol. The number of nitrogens with zero attached hydrogens (tertiary/aromatic N) is 2. The molecule has 1 saturated heterocycles. The van der Waals surface area contributed by atoms with Crippen molar-refractivity contribution in [3.8, 4) is 11.8 Å². The smallest absolute Gasteiger partial charge is 0.261 e. The predicted octanol–water partition coefficient (Wildman–Crippen LogP) is 4.69. The van der Waals surface area contributed by atoms with Gasteiger partial charge in [0.2, 0.25) is 5.91 Å². The molecule has 9 heteroatoms. The maximum atomic E-state index is 13.4. The standard InChI is InChI=1S/C26H31Cl2N3O4/c27-18-7-8-23(20(28)12-18)35-15-24(33)31-16-26(9-2-1-3-10-26)13-21(31)25(34)30-19(14-29)11-17-5-4-6-22(17)32/h7-8,12,17,19,21H,1-6,9-11,13,15-16H2,(H,30,34)/t17-,19-,21-/m0/s1. The molecule has 2 saturated carbocycles. The van der Waals surface area contributed by atoms with E-state index < -0.39 is 12.1 Å². The molecule has 2 amide bonds. The van der Waals surface area contributed by atoms with Crippen LogP contribution in [0.15, 0.2) is 18.2 Å². The molecule has 1 heterocycles. The fourth-order valence-corrected chi connectivity index (χ4v) is 6.33. The highest BCUT2D eigenvalue weighted by Gasteiger charge is 2.49. The summed E-state index contributed by atoms with van der Waals surface area (Å²) in [6, 6.07) is 5.51. The summed E-state index contributed by atoms with van der Waals surface area (Å²) in [6.07, 6.45) is 8.31. The zero-order valence-electron chi connectivity index (χ0n) is 19.7. The highest BCUT2D eigenvalue weighted by atomic mass is 35.5. The van der Waals surface area contributed by atoms with Gasteiger partial charge in [-0.2, -0.15) is 5.26 Å². The zero-order chi connectivity index (χ0) is 25.0. The molecule has 0 bridgehead atoms. The molecule has 2 aliphatic carbocycles. The Morgan fingerprint density at radius 3 is 2.66 bits per heavy atom. The van der Waals surface area contributed by atoms with Crippen LogP contribution in [-0.2, 0) is 14.4 Å². The third-order valence-electron chi connectivity index (χ3n) is 7.71. The third kappa shape index (κ3) is 6.10. The molecule has 7 nitrogen and oxygen atoms in total. The van der Waals surface area contributed by atoms with E-state index in [1.165, 1.54) is 0 Å². The van der Waals surface area contributed by atoms with Gasteiger partial charge in [-0.05, 0) is 62.1 Å². The summed E-state index contributed by atoms with van der Waals surface area (Å²) >= 11 is 12.1. The van der Waals surface area contributed by atoms with Crippen molar-refractivity contribution in [3.63, 3.8) is 0 Å². The number of halogens is 2. The first-order valence-electron chi connectivity index (χ1n) is 12.4. The molecule has 0 unspecified atom stereocenters. The Hall–Kier alpha value is -2.30. The van der Waals surface area contributed by atoms with Gasteiger partial charge < -0.3 is 15.0 Å². The first kappa shape index (κ1) is 25.8. The quantitative estimate of drug-likeness (QED) is 0.563. The number of nitriles is 1. The first-order valence-corrected chi connectivity index (χ1v) is 13.2. The number of rotatable bonds is 7. The van der Waals surface area contributed by atoms with Crippen molar-refractivity contribution in [1.82, 2.24) is 10.2 Å². The second kappa shape index (κ2) is 11.2. The summed E-state index contributed by atoms with van der Waals surface area (Å²) in [5, 5.41) is 13.2. The number of benzene rings is 1. The van der Waals surface area contributed by atoms with Gasteiger partial charge >= 0.3 is 0 Å². The summed E-state index contributed by atoms with van der Waals surface area (Å²) in [5.41, 5.74) is -0.0859. The lowest BCUT2D eigenvalue weighted by Gasteiger charge is -2.33. The van der Waals surface area contributed by atoms with E-state index in [0.29, 0.717) is 41.6 Å². The van der Waals surface area contributed by atoms with E-state index in [9.17, 15) is 19.6 Å². The molecule has 3 fully saturated rings. The number of nitrogens with one attached hydrogen (secondary N) is 1. The van der Waals surface area contributed by atoms with E-state index >= 15 is 0 Å². The molecule has 1 aromatic rings.